The number of nitrogens with one attached hydrogen (secondary N) is 1. The van der Waals surface area contributed by atoms with Gasteiger partial charge in [-0.1, -0.05) is 36.4 Å². The number of carboxylic acid groups (broad SMARTS) is 2. The van der Waals surface area contributed by atoms with E-state index >= 15 is 0 Å². The molecule has 0 aliphatic rings. The normalized spacial score (nSPS) is 14.4. The van der Waals surface area contributed by atoms with Crippen LogP contribution in [0.1, 0.15) is 34.5 Å². The van der Waals surface area contributed by atoms with Crippen molar-refractivity contribution < 1.29 is 24.9 Å². The fourth-order valence-electron chi connectivity index (χ4n) is 2.75. The zero-order valence-electron chi connectivity index (χ0n) is 14.3. The van der Waals surface area contributed by atoms with E-state index in [4.69, 9.17) is 10.8 Å². The number of aromatic hydroxyl groups is 1. The molecular weight excluding hydrogens is 336 g/mol. The van der Waals surface area contributed by atoms with Gasteiger partial charge in [0.15, 0.2) is 0 Å². The Bertz CT molecular complexity index is 777. The van der Waals surface area contributed by atoms with Crippen LogP contribution in [0.3, 0.4) is 0 Å². The predicted octanol–water partition coefficient (Wildman–Crippen LogP) is 1.76. The van der Waals surface area contributed by atoms with Crippen LogP contribution in [0.4, 0.5) is 0 Å². The Kier molecular flexibility index (Phi) is 6.32. The van der Waals surface area contributed by atoms with Crippen LogP contribution in [-0.4, -0.2) is 39.3 Å². The highest BCUT2D eigenvalue weighted by atomic mass is 16.4. The molecule has 1 unspecified atom stereocenters. The van der Waals surface area contributed by atoms with Crippen LogP contribution in [0.5, 0.6) is 5.75 Å². The SMILES string of the molecule is C[C@@H](N)C(N[C@H](Cc1ccccc1)C(=O)O)c1ccc(O)c(C(=O)O)c1. The first-order valence-electron chi connectivity index (χ1n) is 8.14. The average molecular weight is 358 g/mol. The minimum absolute atomic E-state index is 0.253. The minimum atomic E-state index is -1.27. The van der Waals surface area contributed by atoms with E-state index in [2.05, 4.69) is 5.32 Å². The molecule has 6 N–H and O–H groups in total. The first-order chi connectivity index (χ1) is 12.3. The molecule has 0 saturated carbocycles. The van der Waals surface area contributed by atoms with Crippen molar-refractivity contribution in [3.05, 3.63) is 65.2 Å². The number of hydrogen-bond donors (Lipinski definition) is 5. The summed E-state index contributed by atoms with van der Waals surface area (Å²) >= 11 is 0. The van der Waals surface area contributed by atoms with E-state index in [0.29, 0.717) is 5.56 Å². The monoisotopic (exact) mass is 358 g/mol. The number of phenols is 1. The van der Waals surface area contributed by atoms with Crippen molar-refractivity contribution in [1.29, 1.82) is 0 Å². The fourth-order valence-corrected chi connectivity index (χ4v) is 2.75. The standard InChI is InChI=1S/C19H22N2O5/c1-11(20)17(13-7-8-16(22)14(10-13)18(23)24)21-15(19(25)26)9-12-5-3-2-4-6-12/h2-8,10-11,15,17,21-22H,9,20H2,1H3,(H,23,24)(H,25,26)/t11-,15-,17?/m1/s1. The van der Waals surface area contributed by atoms with Crippen LogP contribution in [0, 0.1) is 0 Å². The molecule has 2 rings (SSSR count). The average Bonchev–Trinajstić information content (AvgIpc) is 2.59. The van der Waals surface area contributed by atoms with Gasteiger partial charge in [0.05, 0.1) is 0 Å². The highest BCUT2D eigenvalue weighted by molar-refractivity contribution is 5.91. The molecule has 7 nitrogen and oxygen atoms in total. The fraction of sp³-hybridized carbons (Fsp3) is 0.263. The second-order valence-electron chi connectivity index (χ2n) is 6.17. The van der Waals surface area contributed by atoms with Gasteiger partial charge in [-0.25, -0.2) is 4.79 Å². The summed E-state index contributed by atoms with van der Waals surface area (Å²) in [4.78, 5) is 22.9. The van der Waals surface area contributed by atoms with Crippen molar-refractivity contribution in [1.82, 2.24) is 5.32 Å². The summed E-state index contributed by atoms with van der Waals surface area (Å²) in [6, 6.07) is 11.3. The van der Waals surface area contributed by atoms with Gasteiger partial charge in [-0.05, 0) is 36.6 Å². The Labute approximate surface area is 151 Å². The Morgan fingerprint density at radius 3 is 2.31 bits per heavy atom. The Morgan fingerprint density at radius 1 is 1.12 bits per heavy atom. The van der Waals surface area contributed by atoms with E-state index < -0.39 is 30.1 Å². The smallest absolute Gasteiger partial charge is 0.339 e. The molecule has 0 aliphatic carbocycles. The molecule has 2 aromatic carbocycles. The van der Waals surface area contributed by atoms with Crippen LogP contribution in [0.15, 0.2) is 48.5 Å². The Hall–Kier alpha value is -2.90. The van der Waals surface area contributed by atoms with Gasteiger partial charge >= 0.3 is 11.9 Å². The van der Waals surface area contributed by atoms with Crippen molar-refractivity contribution in [2.45, 2.75) is 31.5 Å². The molecule has 0 radical (unpaired) electrons. The van der Waals surface area contributed by atoms with Gasteiger partial charge in [0.1, 0.15) is 17.4 Å². The van der Waals surface area contributed by atoms with E-state index in [-0.39, 0.29) is 17.7 Å². The molecule has 0 aromatic heterocycles. The number of rotatable bonds is 8. The molecule has 0 fully saturated rings. The summed E-state index contributed by atoms with van der Waals surface area (Å²) in [5.74, 6) is -2.66. The van der Waals surface area contributed by atoms with Gasteiger partial charge in [-0.3, -0.25) is 10.1 Å². The van der Waals surface area contributed by atoms with Gasteiger partial charge in [-0.2, -0.15) is 0 Å². The maximum atomic E-state index is 11.7. The maximum Gasteiger partial charge on any atom is 0.339 e. The number of carboxylic acids is 2. The molecule has 0 aliphatic heterocycles. The zero-order valence-corrected chi connectivity index (χ0v) is 14.3. The molecular formula is C19H22N2O5. The number of hydrogen-bond acceptors (Lipinski definition) is 5. The summed E-state index contributed by atoms with van der Waals surface area (Å²) in [6.07, 6.45) is 0.253. The van der Waals surface area contributed by atoms with Gasteiger partial charge in [0.25, 0.3) is 0 Å². The quantitative estimate of drug-likeness (QED) is 0.485. The van der Waals surface area contributed by atoms with E-state index in [1.54, 1.807) is 6.92 Å². The first kappa shape index (κ1) is 19.4. The molecule has 2 aromatic rings. The lowest BCUT2D eigenvalue weighted by molar-refractivity contribution is -0.139. The highest BCUT2D eigenvalue weighted by Gasteiger charge is 2.26. The number of nitrogens with two attached hydrogens (primary N) is 1. The molecule has 0 spiro atoms. The van der Waals surface area contributed by atoms with Crippen LogP contribution < -0.4 is 11.1 Å². The van der Waals surface area contributed by atoms with Crippen molar-refractivity contribution in [2.75, 3.05) is 0 Å². The van der Waals surface area contributed by atoms with E-state index in [1.165, 1.54) is 18.2 Å². The number of carbonyl (C=O) groups is 2. The molecule has 0 amide bonds. The Balaban J connectivity index is 2.29. The number of aliphatic carboxylic acids is 1. The lowest BCUT2D eigenvalue weighted by Gasteiger charge is -2.27. The summed E-state index contributed by atoms with van der Waals surface area (Å²) < 4.78 is 0. The van der Waals surface area contributed by atoms with Crippen molar-refractivity contribution in [3.63, 3.8) is 0 Å². The Morgan fingerprint density at radius 2 is 1.77 bits per heavy atom. The van der Waals surface area contributed by atoms with Gasteiger partial charge in [0, 0.05) is 12.1 Å². The van der Waals surface area contributed by atoms with Gasteiger partial charge < -0.3 is 21.1 Å². The van der Waals surface area contributed by atoms with Crippen molar-refractivity contribution in [3.8, 4) is 5.75 Å². The van der Waals surface area contributed by atoms with Crippen molar-refractivity contribution in [2.24, 2.45) is 5.73 Å². The van der Waals surface area contributed by atoms with E-state index in [0.717, 1.165) is 5.56 Å². The molecule has 26 heavy (non-hydrogen) atoms. The topological polar surface area (TPSA) is 133 Å². The van der Waals surface area contributed by atoms with Gasteiger partial charge in [0.2, 0.25) is 0 Å². The second-order valence-corrected chi connectivity index (χ2v) is 6.17. The summed E-state index contributed by atoms with van der Waals surface area (Å²) in [5, 5.41) is 31.4. The third kappa shape index (κ3) is 4.81. The molecule has 0 saturated heterocycles. The molecule has 0 heterocycles. The highest BCUT2D eigenvalue weighted by Crippen LogP contribution is 2.24. The molecule has 138 valence electrons. The maximum absolute atomic E-state index is 11.7. The molecule has 3 atom stereocenters. The summed E-state index contributed by atoms with van der Waals surface area (Å²) in [5.41, 5.74) is 7.10. The predicted molar refractivity (Wildman–Crippen MR) is 96.2 cm³/mol. The van der Waals surface area contributed by atoms with Crippen LogP contribution in [-0.2, 0) is 11.2 Å². The van der Waals surface area contributed by atoms with Crippen LogP contribution in [0.25, 0.3) is 0 Å². The summed E-state index contributed by atoms with van der Waals surface area (Å²) in [6.45, 7) is 1.70. The largest absolute Gasteiger partial charge is 0.507 e. The minimum Gasteiger partial charge on any atom is -0.507 e. The van der Waals surface area contributed by atoms with E-state index in [1.807, 2.05) is 30.3 Å². The van der Waals surface area contributed by atoms with Crippen LogP contribution >= 0.6 is 0 Å². The van der Waals surface area contributed by atoms with E-state index in [9.17, 15) is 19.8 Å². The number of aromatic carboxylic acids is 1. The number of benzene rings is 2. The molecule has 0 bridgehead atoms. The lowest BCUT2D eigenvalue weighted by atomic mass is 9.96. The zero-order chi connectivity index (χ0) is 19.3. The van der Waals surface area contributed by atoms with Crippen molar-refractivity contribution >= 4 is 11.9 Å². The summed E-state index contributed by atoms with van der Waals surface area (Å²) in [7, 11) is 0. The lowest BCUT2D eigenvalue weighted by Crippen LogP contribution is -2.46. The second kappa shape index (κ2) is 8.46. The third-order valence-corrected chi connectivity index (χ3v) is 4.10. The molecule has 7 heteroatoms. The van der Waals surface area contributed by atoms with Crippen LogP contribution in [0.2, 0.25) is 0 Å². The third-order valence-electron chi connectivity index (χ3n) is 4.10. The van der Waals surface area contributed by atoms with Gasteiger partial charge in [-0.15, -0.1) is 0 Å². The first-order valence-corrected chi connectivity index (χ1v) is 8.14.